The first kappa shape index (κ1) is 12.7. The van der Waals surface area contributed by atoms with E-state index in [1.807, 2.05) is 25.2 Å². The summed E-state index contributed by atoms with van der Waals surface area (Å²) in [5, 5.41) is 2.59. The van der Waals surface area contributed by atoms with Gasteiger partial charge in [0.25, 0.3) is 0 Å². The van der Waals surface area contributed by atoms with Gasteiger partial charge in [-0.3, -0.25) is 0 Å². The van der Waals surface area contributed by atoms with Gasteiger partial charge in [0.05, 0.1) is 0 Å². The Morgan fingerprint density at radius 3 is 2.25 bits per heavy atom. The molecule has 0 N–H and O–H groups in total. The van der Waals surface area contributed by atoms with Crippen LogP contribution in [0.1, 0.15) is 5.56 Å². The molecule has 20 heavy (non-hydrogen) atoms. The van der Waals surface area contributed by atoms with Crippen molar-refractivity contribution in [1.82, 2.24) is 4.98 Å². The monoisotopic (exact) mass is 262 g/mol. The average Bonchev–Trinajstić information content (AvgIpc) is 2.48. The second-order valence-corrected chi connectivity index (χ2v) is 5.28. The summed E-state index contributed by atoms with van der Waals surface area (Å²) in [6.07, 6.45) is 1.95. The quantitative estimate of drug-likeness (QED) is 0.685. The summed E-state index contributed by atoms with van der Waals surface area (Å²) in [6, 6.07) is 17.1. The minimum Gasteiger partial charge on any atom is -0.363 e. The minimum atomic E-state index is 0.977. The maximum Gasteiger partial charge on any atom is 0.127 e. The maximum absolute atomic E-state index is 4.51. The average molecular weight is 262 g/mol. The Hall–Kier alpha value is -2.35. The van der Waals surface area contributed by atoms with Gasteiger partial charge in [0.15, 0.2) is 0 Å². The van der Waals surface area contributed by atoms with Gasteiger partial charge in [0.1, 0.15) is 5.82 Å². The van der Waals surface area contributed by atoms with Crippen molar-refractivity contribution >= 4 is 16.6 Å². The Balaban J connectivity index is 2.17. The number of hydrogen-bond acceptors (Lipinski definition) is 2. The lowest BCUT2D eigenvalue weighted by Gasteiger charge is -2.13. The second kappa shape index (κ2) is 4.97. The third kappa shape index (κ3) is 2.14. The van der Waals surface area contributed by atoms with E-state index in [1.54, 1.807) is 0 Å². The van der Waals surface area contributed by atoms with Gasteiger partial charge < -0.3 is 4.90 Å². The first-order chi connectivity index (χ1) is 9.66. The third-order valence-electron chi connectivity index (χ3n) is 3.66. The van der Waals surface area contributed by atoms with Gasteiger partial charge in [-0.2, -0.15) is 0 Å². The number of benzene rings is 2. The summed E-state index contributed by atoms with van der Waals surface area (Å²) in [7, 11) is 4.01. The van der Waals surface area contributed by atoms with Gasteiger partial charge in [0.2, 0.25) is 0 Å². The maximum atomic E-state index is 4.51. The Bertz CT molecular complexity index is 743. The molecule has 2 aromatic carbocycles. The van der Waals surface area contributed by atoms with Crippen molar-refractivity contribution in [3.8, 4) is 11.1 Å². The van der Waals surface area contributed by atoms with E-state index in [0.717, 1.165) is 11.4 Å². The Morgan fingerprint density at radius 1 is 0.850 bits per heavy atom. The Kier molecular flexibility index (Phi) is 3.15. The molecule has 0 spiro atoms. The zero-order valence-corrected chi connectivity index (χ0v) is 12.1. The topological polar surface area (TPSA) is 16.1 Å². The van der Waals surface area contributed by atoms with Crippen LogP contribution in [-0.2, 0) is 0 Å². The highest BCUT2D eigenvalue weighted by Gasteiger charge is 2.06. The molecule has 0 aliphatic rings. The number of pyridine rings is 1. The van der Waals surface area contributed by atoms with Gasteiger partial charge in [-0.05, 0) is 41.0 Å². The van der Waals surface area contributed by atoms with E-state index in [4.69, 9.17) is 0 Å². The van der Waals surface area contributed by atoms with E-state index >= 15 is 0 Å². The molecule has 1 heterocycles. The van der Waals surface area contributed by atoms with Crippen LogP contribution in [0.15, 0.2) is 54.7 Å². The van der Waals surface area contributed by atoms with E-state index in [2.05, 4.69) is 60.4 Å². The molecular weight excluding hydrogens is 244 g/mol. The lowest BCUT2D eigenvalue weighted by molar-refractivity contribution is 1.07. The zero-order valence-electron chi connectivity index (χ0n) is 12.1. The molecule has 1 aromatic heterocycles. The van der Waals surface area contributed by atoms with Crippen molar-refractivity contribution in [3.63, 3.8) is 0 Å². The Morgan fingerprint density at radius 2 is 1.60 bits per heavy atom. The predicted octanol–water partition coefficient (Wildman–Crippen LogP) is 4.28. The van der Waals surface area contributed by atoms with Crippen molar-refractivity contribution in [1.29, 1.82) is 0 Å². The molecule has 3 aromatic rings. The third-order valence-corrected chi connectivity index (χ3v) is 3.66. The van der Waals surface area contributed by atoms with Crippen LogP contribution in [0.25, 0.3) is 21.9 Å². The van der Waals surface area contributed by atoms with Gasteiger partial charge in [-0.15, -0.1) is 0 Å². The summed E-state index contributed by atoms with van der Waals surface area (Å²) >= 11 is 0. The minimum absolute atomic E-state index is 0.977. The van der Waals surface area contributed by atoms with E-state index in [9.17, 15) is 0 Å². The second-order valence-electron chi connectivity index (χ2n) is 5.28. The summed E-state index contributed by atoms with van der Waals surface area (Å²) in [5.41, 5.74) is 3.71. The fraction of sp³-hybridized carbons (Fsp3) is 0.167. The van der Waals surface area contributed by atoms with Gasteiger partial charge in [0, 0.05) is 25.9 Å². The molecule has 0 unspecified atom stereocenters. The van der Waals surface area contributed by atoms with Crippen LogP contribution in [0.4, 0.5) is 5.82 Å². The smallest absolute Gasteiger partial charge is 0.127 e. The van der Waals surface area contributed by atoms with Crippen molar-refractivity contribution < 1.29 is 0 Å². The molecule has 0 saturated carbocycles. The molecule has 100 valence electrons. The van der Waals surface area contributed by atoms with Gasteiger partial charge in [-0.25, -0.2) is 4.98 Å². The molecule has 2 nitrogen and oxygen atoms in total. The summed E-state index contributed by atoms with van der Waals surface area (Å²) in [5.74, 6) is 0.977. The number of aryl methyl sites for hydroxylation is 1. The lowest BCUT2D eigenvalue weighted by Crippen LogP contribution is -2.09. The van der Waals surface area contributed by atoms with Crippen LogP contribution in [0.2, 0.25) is 0 Å². The van der Waals surface area contributed by atoms with E-state index in [0.29, 0.717) is 0 Å². The first-order valence-electron chi connectivity index (χ1n) is 6.79. The largest absolute Gasteiger partial charge is 0.363 e. The van der Waals surface area contributed by atoms with Crippen LogP contribution in [0.3, 0.4) is 0 Å². The Labute approximate surface area is 119 Å². The molecule has 0 fully saturated rings. The molecule has 0 atom stereocenters. The van der Waals surface area contributed by atoms with Crippen LogP contribution < -0.4 is 4.90 Å². The van der Waals surface area contributed by atoms with Gasteiger partial charge in [-0.1, -0.05) is 36.4 Å². The zero-order chi connectivity index (χ0) is 14.1. The number of anilines is 1. The molecule has 2 heteroatoms. The summed E-state index contributed by atoms with van der Waals surface area (Å²) in [6.45, 7) is 2.15. The van der Waals surface area contributed by atoms with Crippen molar-refractivity contribution in [3.05, 3.63) is 60.3 Å². The van der Waals surface area contributed by atoms with Crippen LogP contribution in [0, 0.1) is 6.92 Å². The molecule has 0 amide bonds. The lowest BCUT2D eigenvalue weighted by atomic mass is 9.96. The number of nitrogens with zero attached hydrogens (tertiary/aromatic N) is 2. The van der Waals surface area contributed by atoms with Crippen molar-refractivity contribution in [2.75, 3.05) is 19.0 Å². The normalized spacial score (nSPS) is 10.8. The van der Waals surface area contributed by atoms with Crippen molar-refractivity contribution in [2.45, 2.75) is 6.92 Å². The molecule has 3 rings (SSSR count). The van der Waals surface area contributed by atoms with E-state index in [1.165, 1.54) is 21.9 Å². The number of fused-ring (bicyclic) bond motifs is 1. The molecule has 0 saturated heterocycles. The fourth-order valence-electron chi connectivity index (χ4n) is 2.51. The number of hydrogen-bond donors (Lipinski definition) is 0. The highest BCUT2D eigenvalue weighted by Crippen LogP contribution is 2.30. The van der Waals surface area contributed by atoms with Crippen molar-refractivity contribution in [2.24, 2.45) is 0 Å². The predicted molar refractivity (Wildman–Crippen MR) is 86.2 cm³/mol. The first-order valence-corrected chi connectivity index (χ1v) is 6.79. The van der Waals surface area contributed by atoms with E-state index in [-0.39, 0.29) is 0 Å². The summed E-state index contributed by atoms with van der Waals surface area (Å²) < 4.78 is 0. The van der Waals surface area contributed by atoms with E-state index < -0.39 is 0 Å². The molecule has 0 aliphatic heterocycles. The van der Waals surface area contributed by atoms with Crippen LogP contribution in [0.5, 0.6) is 0 Å². The van der Waals surface area contributed by atoms with Crippen LogP contribution >= 0.6 is 0 Å². The number of rotatable bonds is 2. The number of aromatic nitrogens is 1. The van der Waals surface area contributed by atoms with Gasteiger partial charge >= 0.3 is 0 Å². The highest BCUT2D eigenvalue weighted by atomic mass is 15.1. The fourth-order valence-corrected chi connectivity index (χ4v) is 2.51. The molecular formula is C18H18N2. The molecule has 0 radical (unpaired) electrons. The van der Waals surface area contributed by atoms with Crippen LogP contribution in [-0.4, -0.2) is 19.1 Å². The highest BCUT2D eigenvalue weighted by molar-refractivity contribution is 5.98. The molecule has 0 bridgehead atoms. The SMILES string of the molecule is Cc1ccc(-c2ccc(N(C)C)nc2)c2ccccc12. The molecule has 0 aliphatic carbocycles. The summed E-state index contributed by atoms with van der Waals surface area (Å²) in [4.78, 5) is 6.52. The standard InChI is InChI=1S/C18H18N2/c1-13-8-10-16(17-7-5-4-6-15(13)17)14-9-11-18(19-12-14)20(2)3/h4-12H,1-3H3.